The predicted molar refractivity (Wildman–Crippen MR) is 125 cm³/mol. The van der Waals surface area contributed by atoms with Gasteiger partial charge in [0.2, 0.25) is 0 Å². The zero-order valence-corrected chi connectivity index (χ0v) is 18.4. The molecule has 0 bridgehead atoms. The molecule has 33 heavy (non-hydrogen) atoms. The summed E-state index contributed by atoms with van der Waals surface area (Å²) in [4.78, 5) is 38.7. The number of H-pyrrole nitrogens is 1. The van der Waals surface area contributed by atoms with Crippen molar-refractivity contribution in [3.05, 3.63) is 53.6 Å². The van der Waals surface area contributed by atoms with E-state index in [4.69, 9.17) is 15.9 Å². The predicted octanol–water partition coefficient (Wildman–Crippen LogP) is 2.31. The van der Waals surface area contributed by atoms with Crippen LogP contribution in [0.4, 0.5) is 5.69 Å². The summed E-state index contributed by atoms with van der Waals surface area (Å²) in [5.74, 6) is -0.687. The largest absolute Gasteiger partial charge is 0.402 e. The Morgan fingerprint density at radius 3 is 2.67 bits per heavy atom. The van der Waals surface area contributed by atoms with Crippen molar-refractivity contribution in [1.29, 1.82) is 5.41 Å². The number of ether oxygens (including phenoxy) is 1. The van der Waals surface area contributed by atoms with Crippen LogP contribution >= 0.6 is 0 Å². The van der Waals surface area contributed by atoms with Gasteiger partial charge < -0.3 is 25.7 Å². The second kappa shape index (κ2) is 9.21. The molecule has 170 valence electrons. The second-order valence-electron chi connectivity index (χ2n) is 7.82. The number of anilines is 1. The molecule has 10 heteroatoms. The summed E-state index contributed by atoms with van der Waals surface area (Å²) in [5, 5.41) is 11.4. The summed E-state index contributed by atoms with van der Waals surface area (Å²) in [6.07, 6.45) is 3.12. The molecule has 1 aliphatic heterocycles. The highest BCUT2D eigenvalue weighted by atomic mass is 16.5. The van der Waals surface area contributed by atoms with Gasteiger partial charge in [-0.2, -0.15) is 0 Å². The summed E-state index contributed by atoms with van der Waals surface area (Å²) in [5.41, 5.74) is 9.35. The standard InChI is InChI=1S/C23H25N7O3/c1-13(14(2)24)20(25)22(31)28-17-9-16-11-18(29-21(16)27-12-17)15-3-4-26-19(10-15)23(32)30-5-7-33-8-6-30/h3-4,9-12,25H,5-8,24H2,1-2H3,(H,27,29)(H,28,31)/b14-13-,25-20?. The van der Waals surface area contributed by atoms with Gasteiger partial charge in [-0.15, -0.1) is 0 Å². The highest BCUT2D eigenvalue weighted by Gasteiger charge is 2.20. The number of nitrogens with one attached hydrogen (secondary N) is 3. The molecular weight excluding hydrogens is 422 g/mol. The quantitative estimate of drug-likeness (QED) is 0.441. The first-order valence-electron chi connectivity index (χ1n) is 10.5. The summed E-state index contributed by atoms with van der Waals surface area (Å²) >= 11 is 0. The van der Waals surface area contributed by atoms with Crippen LogP contribution in [0.5, 0.6) is 0 Å². The van der Waals surface area contributed by atoms with E-state index in [0.29, 0.717) is 54.6 Å². The number of aromatic nitrogens is 3. The first-order valence-corrected chi connectivity index (χ1v) is 10.5. The molecule has 2 amide bonds. The van der Waals surface area contributed by atoms with Crippen LogP contribution in [0, 0.1) is 5.41 Å². The number of nitrogens with two attached hydrogens (primary N) is 1. The number of carbonyl (C=O) groups is 2. The van der Waals surface area contributed by atoms with Gasteiger partial charge in [0.25, 0.3) is 11.8 Å². The maximum atomic E-state index is 12.8. The minimum absolute atomic E-state index is 0.126. The number of amides is 2. The van der Waals surface area contributed by atoms with Crippen LogP contribution in [0.1, 0.15) is 24.3 Å². The van der Waals surface area contributed by atoms with Gasteiger partial charge in [0.15, 0.2) is 0 Å². The van der Waals surface area contributed by atoms with E-state index in [-0.39, 0.29) is 11.6 Å². The third-order valence-electron chi connectivity index (χ3n) is 5.51. The number of carbonyl (C=O) groups excluding carboxylic acids is 2. The molecule has 5 N–H and O–H groups in total. The molecule has 4 heterocycles. The fraction of sp³-hybridized carbons (Fsp3) is 0.261. The first-order chi connectivity index (χ1) is 15.8. The van der Waals surface area contributed by atoms with Crippen LogP contribution in [0.25, 0.3) is 22.3 Å². The van der Waals surface area contributed by atoms with Crippen LogP contribution in [0.3, 0.4) is 0 Å². The molecule has 0 radical (unpaired) electrons. The topological polar surface area (TPSA) is 150 Å². The minimum Gasteiger partial charge on any atom is -0.402 e. The van der Waals surface area contributed by atoms with Crippen LogP contribution in [0.15, 0.2) is 47.9 Å². The fourth-order valence-corrected chi connectivity index (χ4v) is 3.44. The Balaban J connectivity index is 1.55. The Hall–Kier alpha value is -4.05. The third kappa shape index (κ3) is 4.75. The molecule has 1 saturated heterocycles. The van der Waals surface area contributed by atoms with Crippen molar-refractivity contribution < 1.29 is 14.3 Å². The molecule has 0 aromatic carbocycles. The van der Waals surface area contributed by atoms with Crippen molar-refractivity contribution in [2.45, 2.75) is 13.8 Å². The first kappa shape index (κ1) is 22.2. The number of hydrogen-bond donors (Lipinski definition) is 4. The number of hydrogen-bond acceptors (Lipinski definition) is 7. The monoisotopic (exact) mass is 447 g/mol. The highest BCUT2D eigenvalue weighted by Crippen LogP contribution is 2.25. The number of aromatic amines is 1. The number of nitrogens with zero attached hydrogens (tertiary/aromatic N) is 3. The maximum Gasteiger partial charge on any atom is 0.273 e. The van der Waals surface area contributed by atoms with Crippen LogP contribution < -0.4 is 11.1 Å². The van der Waals surface area contributed by atoms with Crippen LogP contribution in [-0.4, -0.2) is 63.7 Å². The molecular formula is C23H25N7O3. The van der Waals surface area contributed by atoms with E-state index < -0.39 is 5.91 Å². The lowest BCUT2D eigenvalue weighted by molar-refractivity contribution is -0.110. The molecule has 1 fully saturated rings. The molecule has 3 aromatic heterocycles. The zero-order chi connectivity index (χ0) is 23.5. The normalized spacial score (nSPS) is 14.7. The van der Waals surface area contributed by atoms with Gasteiger partial charge in [-0.1, -0.05) is 0 Å². The van der Waals surface area contributed by atoms with Crippen LogP contribution in [0.2, 0.25) is 0 Å². The van der Waals surface area contributed by atoms with Crippen molar-refractivity contribution in [3.8, 4) is 11.3 Å². The van der Waals surface area contributed by atoms with Crippen molar-refractivity contribution in [2.75, 3.05) is 31.6 Å². The van der Waals surface area contributed by atoms with Crippen molar-refractivity contribution in [3.63, 3.8) is 0 Å². The molecule has 3 aromatic rings. The van der Waals surface area contributed by atoms with E-state index in [1.807, 2.05) is 12.1 Å². The molecule has 0 spiro atoms. The molecule has 0 atom stereocenters. The number of pyridine rings is 2. The maximum absolute atomic E-state index is 12.8. The van der Waals surface area contributed by atoms with E-state index in [1.165, 1.54) is 6.20 Å². The van der Waals surface area contributed by atoms with E-state index in [9.17, 15) is 9.59 Å². The van der Waals surface area contributed by atoms with Gasteiger partial charge in [0.05, 0.1) is 25.1 Å². The lowest BCUT2D eigenvalue weighted by Crippen LogP contribution is -2.41. The number of morpholine rings is 1. The smallest absolute Gasteiger partial charge is 0.273 e. The Kier molecular flexibility index (Phi) is 6.18. The molecule has 10 nitrogen and oxygen atoms in total. The summed E-state index contributed by atoms with van der Waals surface area (Å²) in [7, 11) is 0. The molecule has 0 unspecified atom stereocenters. The van der Waals surface area contributed by atoms with E-state index in [0.717, 1.165) is 16.6 Å². The summed E-state index contributed by atoms with van der Waals surface area (Å²) < 4.78 is 5.31. The van der Waals surface area contributed by atoms with E-state index in [2.05, 4.69) is 20.3 Å². The molecule has 0 aliphatic carbocycles. The Morgan fingerprint density at radius 1 is 1.18 bits per heavy atom. The van der Waals surface area contributed by atoms with Gasteiger partial charge in [0.1, 0.15) is 17.1 Å². The Bertz CT molecular complexity index is 1270. The lowest BCUT2D eigenvalue weighted by Gasteiger charge is -2.26. The zero-order valence-electron chi connectivity index (χ0n) is 18.4. The third-order valence-corrected chi connectivity index (χ3v) is 5.51. The number of rotatable bonds is 5. The molecule has 0 saturated carbocycles. The van der Waals surface area contributed by atoms with Gasteiger partial charge in [0, 0.05) is 41.6 Å². The highest BCUT2D eigenvalue weighted by molar-refractivity contribution is 6.47. The van der Waals surface area contributed by atoms with Crippen LogP contribution in [-0.2, 0) is 9.53 Å². The van der Waals surface area contributed by atoms with Gasteiger partial charge in [-0.3, -0.25) is 20.0 Å². The average molecular weight is 447 g/mol. The number of fused-ring (bicyclic) bond motifs is 1. The minimum atomic E-state index is -0.561. The summed E-state index contributed by atoms with van der Waals surface area (Å²) in [6, 6.07) is 7.21. The van der Waals surface area contributed by atoms with Gasteiger partial charge in [-0.05, 0) is 43.7 Å². The molecule has 4 rings (SSSR count). The van der Waals surface area contributed by atoms with Crippen molar-refractivity contribution >= 4 is 34.2 Å². The Labute approximate surface area is 190 Å². The van der Waals surface area contributed by atoms with Gasteiger partial charge in [-0.25, -0.2) is 4.98 Å². The molecule has 1 aliphatic rings. The SMILES string of the molecule is C/C(N)=C(\C)C(=N)C(=O)Nc1cnc2[nH]c(-c3ccnc(C(=O)N4CCOCC4)c3)cc2c1. The lowest BCUT2D eigenvalue weighted by atomic mass is 10.1. The summed E-state index contributed by atoms with van der Waals surface area (Å²) in [6.45, 7) is 5.42. The van der Waals surface area contributed by atoms with E-state index >= 15 is 0 Å². The van der Waals surface area contributed by atoms with Crippen molar-refractivity contribution in [2.24, 2.45) is 5.73 Å². The van der Waals surface area contributed by atoms with Gasteiger partial charge >= 0.3 is 0 Å². The van der Waals surface area contributed by atoms with E-state index in [1.54, 1.807) is 37.1 Å². The Morgan fingerprint density at radius 2 is 1.94 bits per heavy atom. The fourth-order valence-electron chi connectivity index (χ4n) is 3.44. The second-order valence-corrected chi connectivity index (χ2v) is 7.82. The number of allylic oxidation sites excluding steroid dienone is 1. The van der Waals surface area contributed by atoms with Crippen molar-refractivity contribution in [1.82, 2.24) is 19.9 Å². The average Bonchev–Trinajstić information content (AvgIpc) is 3.26.